The van der Waals surface area contributed by atoms with Crippen LogP contribution in [0.5, 0.6) is 5.75 Å². The molecule has 3 rings (SSSR count). The van der Waals surface area contributed by atoms with Gasteiger partial charge < -0.3 is 10.1 Å². The Morgan fingerprint density at radius 3 is 2.68 bits per heavy atom. The number of amides is 1. The molecule has 0 bridgehead atoms. The number of ether oxygens (including phenoxy) is 1. The fourth-order valence-electron chi connectivity index (χ4n) is 2.63. The molecule has 3 aromatic rings. The van der Waals surface area contributed by atoms with Crippen LogP contribution in [0.2, 0.25) is 5.02 Å². The highest BCUT2D eigenvalue weighted by Crippen LogP contribution is 2.25. The summed E-state index contributed by atoms with van der Waals surface area (Å²) in [6.45, 7) is 3.84. The molecule has 0 unspecified atom stereocenters. The van der Waals surface area contributed by atoms with E-state index in [1.54, 1.807) is 6.21 Å². The maximum Gasteiger partial charge on any atom is 0.262 e. The van der Waals surface area contributed by atoms with E-state index in [1.165, 1.54) is 0 Å². The molecule has 0 heterocycles. The number of hydrogen-bond acceptors (Lipinski definition) is 3. The lowest BCUT2D eigenvalue weighted by Crippen LogP contribution is -2.20. The molecule has 28 heavy (non-hydrogen) atoms. The molecule has 0 aromatic heterocycles. The van der Waals surface area contributed by atoms with Crippen molar-refractivity contribution in [3.63, 3.8) is 0 Å². The third kappa shape index (κ3) is 5.44. The Bertz CT molecular complexity index is 1010. The monoisotopic (exact) mass is 392 g/mol. The van der Waals surface area contributed by atoms with Gasteiger partial charge in [-0.2, -0.15) is 0 Å². The Morgan fingerprint density at radius 1 is 1.07 bits per heavy atom. The highest BCUT2D eigenvalue weighted by Gasteiger charge is 2.05. The molecule has 5 heteroatoms. The zero-order valence-electron chi connectivity index (χ0n) is 15.8. The van der Waals surface area contributed by atoms with E-state index < -0.39 is 0 Å². The number of carbonyl (C=O) groups excluding carboxylic acids is 1. The highest BCUT2D eigenvalue weighted by atomic mass is 35.5. The van der Waals surface area contributed by atoms with Gasteiger partial charge >= 0.3 is 0 Å². The van der Waals surface area contributed by atoms with Gasteiger partial charge in [0, 0.05) is 16.9 Å². The van der Waals surface area contributed by atoms with Crippen molar-refractivity contribution in [3.8, 4) is 5.75 Å². The van der Waals surface area contributed by atoms with Crippen molar-refractivity contribution in [2.24, 2.45) is 4.99 Å². The molecular formula is C23H21ClN2O2. The normalized spacial score (nSPS) is 10.8. The van der Waals surface area contributed by atoms with Crippen molar-refractivity contribution >= 4 is 35.1 Å². The Balaban J connectivity index is 1.61. The first-order chi connectivity index (χ1) is 13.5. The molecule has 0 aliphatic rings. The Hall–Kier alpha value is -3.11. The molecule has 0 radical (unpaired) electrons. The number of nitrogens with one attached hydrogen (secondary N) is 1. The minimum atomic E-state index is -0.209. The van der Waals surface area contributed by atoms with Crippen LogP contribution < -0.4 is 10.1 Å². The third-order valence-electron chi connectivity index (χ3n) is 4.12. The molecule has 4 nitrogen and oxygen atoms in total. The summed E-state index contributed by atoms with van der Waals surface area (Å²) < 4.78 is 5.61. The number of benzene rings is 3. The van der Waals surface area contributed by atoms with E-state index in [0.717, 1.165) is 28.1 Å². The van der Waals surface area contributed by atoms with E-state index in [0.29, 0.717) is 10.8 Å². The Labute approximate surface area is 169 Å². The van der Waals surface area contributed by atoms with Gasteiger partial charge in [0.2, 0.25) is 0 Å². The first-order valence-corrected chi connectivity index (χ1v) is 9.27. The van der Waals surface area contributed by atoms with Gasteiger partial charge in [0.15, 0.2) is 6.61 Å². The van der Waals surface area contributed by atoms with Gasteiger partial charge in [-0.05, 0) is 66.9 Å². The van der Waals surface area contributed by atoms with Crippen LogP contribution >= 0.6 is 11.6 Å². The molecule has 0 spiro atoms. The van der Waals surface area contributed by atoms with Crippen LogP contribution in [-0.4, -0.2) is 18.7 Å². The van der Waals surface area contributed by atoms with Crippen LogP contribution in [0.25, 0.3) is 0 Å². The van der Waals surface area contributed by atoms with Gasteiger partial charge in [0.1, 0.15) is 5.75 Å². The van der Waals surface area contributed by atoms with Crippen molar-refractivity contribution < 1.29 is 9.53 Å². The first kappa shape index (κ1) is 19.6. The summed E-state index contributed by atoms with van der Waals surface area (Å²) in [6.07, 6.45) is 1.75. The van der Waals surface area contributed by atoms with Crippen molar-refractivity contribution in [2.75, 3.05) is 11.9 Å². The lowest BCUT2D eigenvalue weighted by Gasteiger charge is -2.08. The van der Waals surface area contributed by atoms with Crippen molar-refractivity contribution in [1.82, 2.24) is 0 Å². The quantitative estimate of drug-likeness (QED) is 0.545. The van der Waals surface area contributed by atoms with Gasteiger partial charge in [-0.25, -0.2) is 0 Å². The predicted octanol–water partition coefficient (Wildman–Crippen LogP) is 5.72. The summed E-state index contributed by atoms with van der Waals surface area (Å²) in [7, 11) is 0. The smallest absolute Gasteiger partial charge is 0.262 e. The summed E-state index contributed by atoms with van der Waals surface area (Å²) >= 11 is 6.13. The number of carbonyl (C=O) groups is 1. The predicted molar refractivity (Wildman–Crippen MR) is 115 cm³/mol. The molecule has 3 aromatic carbocycles. The van der Waals surface area contributed by atoms with Gasteiger partial charge in [0.25, 0.3) is 5.91 Å². The molecule has 0 fully saturated rings. The van der Waals surface area contributed by atoms with Gasteiger partial charge in [-0.15, -0.1) is 0 Å². The summed E-state index contributed by atoms with van der Waals surface area (Å²) in [6, 6.07) is 20.7. The number of halogens is 1. The van der Waals surface area contributed by atoms with Crippen LogP contribution in [0.3, 0.4) is 0 Å². The third-order valence-corrected chi connectivity index (χ3v) is 4.53. The largest absolute Gasteiger partial charge is 0.484 e. The number of hydrogen-bond donors (Lipinski definition) is 1. The molecular weight excluding hydrogens is 372 g/mol. The van der Waals surface area contributed by atoms with Gasteiger partial charge in [-0.1, -0.05) is 41.9 Å². The van der Waals surface area contributed by atoms with Crippen molar-refractivity contribution in [2.45, 2.75) is 13.8 Å². The second-order valence-electron chi connectivity index (χ2n) is 6.42. The molecule has 0 aliphatic heterocycles. The van der Waals surface area contributed by atoms with Crippen molar-refractivity contribution in [1.29, 1.82) is 0 Å². The maximum atomic E-state index is 12.1. The van der Waals surface area contributed by atoms with E-state index in [1.807, 2.05) is 80.6 Å². The van der Waals surface area contributed by atoms with E-state index in [-0.39, 0.29) is 12.5 Å². The number of nitrogens with zero attached hydrogens (tertiary/aromatic N) is 1. The number of anilines is 1. The summed E-state index contributed by atoms with van der Waals surface area (Å²) in [5, 5.41) is 3.51. The molecule has 1 N–H and O–H groups in total. The van der Waals surface area contributed by atoms with Crippen molar-refractivity contribution in [3.05, 3.63) is 88.4 Å². The summed E-state index contributed by atoms with van der Waals surface area (Å²) in [5.74, 6) is 0.394. The van der Waals surface area contributed by atoms with Gasteiger partial charge in [-0.3, -0.25) is 9.79 Å². The van der Waals surface area contributed by atoms with Crippen LogP contribution in [0.1, 0.15) is 16.7 Å². The topological polar surface area (TPSA) is 50.7 Å². The molecule has 0 saturated heterocycles. The Morgan fingerprint density at radius 2 is 1.86 bits per heavy atom. The van der Waals surface area contributed by atoms with E-state index in [9.17, 15) is 4.79 Å². The lowest BCUT2D eigenvalue weighted by molar-refractivity contribution is -0.118. The molecule has 1 amide bonds. The fraction of sp³-hybridized carbons (Fsp3) is 0.130. The summed E-state index contributed by atoms with van der Waals surface area (Å²) in [4.78, 5) is 16.6. The van der Waals surface area contributed by atoms with E-state index in [2.05, 4.69) is 10.3 Å². The number of aryl methyl sites for hydroxylation is 1. The van der Waals surface area contributed by atoms with Crippen LogP contribution in [0.15, 0.2) is 71.7 Å². The highest BCUT2D eigenvalue weighted by molar-refractivity contribution is 6.31. The fourth-order valence-corrected chi connectivity index (χ4v) is 2.80. The SMILES string of the molecule is Cc1cccc(NC(=O)COc2cccc(C=Nc3cccc(Cl)c3C)c2)c1. The van der Waals surface area contributed by atoms with E-state index in [4.69, 9.17) is 16.3 Å². The standard InChI is InChI=1S/C23H21ClN2O2/c1-16-6-3-8-19(12-16)26-23(27)15-28-20-9-4-7-18(13-20)14-25-22-11-5-10-21(24)17(22)2/h3-14H,15H2,1-2H3,(H,26,27). The number of rotatable bonds is 6. The van der Waals surface area contributed by atoms with Crippen LogP contribution in [0, 0.1) is 13.8 Å². The van der Waals surface area contributed by atoms with Crippen LogP contribution in [-0.2, 0) is 4.79 Å². The van der Waals surface area contributed by atoms with Gasteiger partial charge in [0.05, 0.1) is 5.69 Å². The first-order valence-electron chi connectivity index (χ1n) is 8.90. The maximum absolute atomic E-state index is 12.1. The average molecular weight is 393 g/mol. The molecule has 0 saturated carbocycles. The molecule has 0 aliphatic carbocycles. The number of aliphatic imine (C=N–C) groups is 1. The Kier molecular flexibility index (Phi) is 6.45. The second kappa shape index (κ2) is 9.20. The average Bonchev–Trinajstić information content (AvgIpc) is 2.68. The molecule has 0 atom stereocenters. The lowest BCUT2D eigenvalue weighted by atomic mass is 10.2. The second-order valence-corrected chi connectivity index (χ2v) is 6.83. The van der Waals surface area contributed by atoms with E-state index >= 15 is 0 Å². The summed E-state index contributed by atoms with van der Waals surface area (Å²) in [5.41, 5.74) is 4.46. The zero-order chi connectivity index (χ0) is 19.9. The minimum Gasteiger partial charge on any atom is -0.484 e. The minimum absolute atomic E-state index is 0.0675. The zero-order valence-corrected chi connectivity index (χ0v) is 16.5. The van der Waals surface area contributed by atoms with Crippen LogP contribution in [0.4, 0.5) is 11.4 Å². The molecule has 142 valence electrons.